The fourth-order valence-electron chi connectivity index (χ4n) is 1.37. The van der Waals surface area contributed by atoms with E-state index in [-0.39, 0.29) is 18.2 Å². The van der Waals surface area contributed by atoms with Crippen LogP contribution in [-0.2, 0) is 11.3 Å². The molecular formula is C12H11Cl2N3O2S. The predicted octanol–water partition coefficient (Wildman–Crippen LogP) is 3.09. The quantitative estimate of drug-likeness (QED) is 0.852. The minimum Gasteiger partial charge on any atom is -0.348 e. The Morgan fingerprint density at radius 3 is 2.95 bits per heavy atom. The lowest BCUT2D eigenvalue weighted by Crippen LogP contribution is -2.25. The van der Waals surface area contributed by atoms with E-state index in [0.717, 1.165) is 4.90 Å². The number of aromatic nitrogens is 2. The largest absolute Gasteiger partial charge is 0.348 e. The topological polar surface area (TPSA) is 68.0 Å². The average Bonchev–Trinajstić information content (AvgIpc) is 2.83. The second kappa shape index (κ2) is 6.97. The van der Waals surface area contributed by atoms with Crippen molar-refractivity contribution < 1.29 is 9.32 Å². The van der Waals surface area contributed by atoms with Crippen molar-refractivity contribution in [2.75, 3.05) is 5.75 Å². The molecule has 0 aliphatic carbocycles. The van der Waals surface area contributed by atoms with Crippen molar-refractivity contribution in [1.82, 2.24) is 15.5 Å². The Morgan fingerprint density at radius 2 is 2.25 bits per heavy atom. The Bertz CT molecular complexity index is 618. The molecule has 2 aromatic rings. The van der Waals surface area contributed by atoms with Gasteiger partial charge in [0.2, 0.25) is 11.8 Å². The second-order valence-electron chi connectivity index (χ2n) is 3.87. The molecule has 1 amide bonds. The number of halogens is 2. The van der Waals surface area contributed by atoms with Gasteiger partial charge in [-0.1, -0.05) is 28.4 Å². The molecule has 2 rings (SSSR count). The van der Waals surface area contributed by atoms with Gasteiger partial charge in [-0.25, -0.2) is 0 Å². The fraction of sp³-hybridized carbons (Fsp3) is 0.250. The van der Waals surface area contributed by atoms with Crippen LogP contribution in [-0.4, -0.2) is 21.8 Å². The molecule has 0 atom stereocenters. The Hall–Kier alpha value is -1.24. The number of hydrogen-bond acceptors (Lipinski definition) is 5. The van der Waals surface area contributed by atoms with Crippen LogP contribution in [0, 0.1) is 6.92 Å². The van der Waals surface area contributed by atoms with E-state index in [9.17, 15) is 4.79 Å². The van der Waals surface area contributed by atoms with Gasteiger partial charge in [0, 0.05) is 16.8 Å². The average molecular weight is 332 g/mol. The Kier molecular flexibility index (Phi) is 5.28. The molecular weight excluding hydrogens is 321 g/mol. The highest BCUT2D eigenvalue weighted by molar-refractivity contribution is 8.00. The minimum atomic E-state index is -0.145. The monoisotopic (exact) mass is 331 g/mol. The summed E-state index contributed by atoms with van der Waals surface area (Å²) in [5.74, 6) is 1.00. The van der Waals surface area contributed by atoms with Crippen molar-refractivity contribution in [3.63, 3.8) is 0 Å². The zero-order valence-corrected chi connectivity index (χ0v) is 12.8. The summed E-state index contributed by atoms with van der Waals surface area (Å²) in [7, 11) is 0. The highest BCUT2D eigenvalue weighted by Crippen LogP contribution is 2.29. The van der Waals surface area contributed by atoms with Gasteiger partial charge in [0.05, 0.1) is 17.3 Å². The Labute approximate surface area is 130 Å². The highest BCUT2D eigenvalue weighted by Gasteiger charge is 2.08. The van der Waals surface area contributed by atoms with Gasteiger partial charge < -0.3 is 9.84 Å². The predicted molar refractivity (Wildman–Crippen MR) is 78.1 cm³/mol. The van der Waals surface area contributed by atoms with E-state index in [2.05, 4.69) is 15.5 Å². The van der Waals surface area contributed by atoms with Crippen LogP contribution < -0.4 is 5.32 Å². The van der Waals surface area contributed by atoms with E-state index >= 15 is 0 Å². The van der Waals surface area contributed by atoms with E-state index in [4.69, 9.17) is 27.7 Å². The molecule has 1 heterocycles. The summed E-state index contributed by atoms with van der Waals surface area (Å²) in [6.45, 7) is 1.93. The zero-order valence-electron chi connectivity index (χ0n) is 10.5. The molecule has 106 valence electrons. The molecule has 0 unspecified atom stereocenters. The maximum Gasteiger partial charge on any atom is 0.230 e. The normalized spacial score (nSPS) is 10.6. The molecule has 0 radical (unpaired) electrons. The Balaban J connectivity index is 1.81. The molecule has 0 fully saturated rings. The number of benzene rings is 1. The first-order valence-corrected chi connectivity index (χ1v) is 7.42. The summed E-state index contributed by atoms with van der Waals surface area (Å²) in [5.41, 5.74) is 0. The third kappa shape index (κ3) is 4.40. The SMILES string of the molecule is Cc1nc(CNC(=O)CSc2cc(Cl)ccc2Cl)no1. The number of carbonyl (C=O) groups is 1. The third-order valence-corrected chi connectivity index (χ3v) is 4.00. The number of carbonyl (C=O) groups excluding carboxylic acids is 1. The van der Waals surface area contributed by atoms with Crippen LogP contribution in [0.3, 0.4) is 0 Å². The van der Waals surface area contributed by atoms with Gasteiger partial charge in [0.15, 0.2) is 5.82 Å². The van der Waals surface area contributed by atoms with Crippen LogP contribution in [0.5, 0.6) is 0 Å². The second-order valence-corrected chi connectivity index (χ2v) is 5.73. The number of thioether (sulfide) groups is 1. The number of nitrogens with zero attached hydrogens (tertiary/aromatic N) is 2. The van der Waals surface area contributed by atoms with Crippen molar-refractivity contribution in [3.05, 3.63) is 40.0 Å². The maximum atomic E-state index is 11.7. The molecule has 5 nitrogen and oxygen atoms in total. The smallest absolute Gasteiger partial charge is 0.230 e. The van der Waals surface area contributed by atoms with Gasteiger partial charge in [-0.05, 0) is 18.2 Å². The summed E-state index contributed by atoms with van der Waals surface area (Å²) >= 11 is 13.2. The first-order chi connectivity index (χ1) is 9.54. The first kappa shape index (κ1) is 15.2. The Morgan fingerprint density at radius 1 is 1.45 bits per heavy atom. The zero-order chi connectivity index (χ0) is 14.5. The van der Waals surface area contributed by atoms with Crippen LogP contribution in [0.2, 0.25) is 10.0 Å². The maximum absolute atomic E-state index is 11.7. The third-order valence-electron chi connectivity index (χ3n) is 2.27. The van der Waals surface area contributed by atoms with Gasteiger partial charge in [-0.2, -0.15) is 4.98 Å². The minimum absolute atomic E-state index is 0.145. The van der Waals surface area contributed by atoms with Gasteiger partial charge in [-0.15, -0.1) is 11.8 Å². The molecule has 0 saturated heterocycles. The van der Waals surface area contributed by atoms with Crippen molar-refractivity contribution in [2.45, 2.75) is 18.4 Å². The van der Waals surface area contributed by atoms with Gasteiger partial charge in [0.1, 0.15) is 0 Å². The van der Waals surface area contributed by atoms with Crippen molar-refractivity contribution in [1.29, 1.82) is 0 Å². The lowest BCUT2D eigenvalue weighted by atomic mass is 10.4. The van der Waals surface area contributed by atoms with Crippen LogP contribution in [0.15, 0.2) is 27.6 Å². The molecule has 0 spiro atoms. The molecule has 0 aliphatic heterocycles. The summed E-state index contributed by atoms with van der Waals surface area (Å²) in [4.78, 5) is 16.5. The first-order valence-electron chi connectivity index (χ1n) is 5.68. The van der Waals surface area contributed by atoms with Crippen LogP contribution in [0.1, 0.15) is 11.7 Å². The van der Waals surface area contributed by atoms with Crippen molar-refractivity contribution in [3.8, 4) is 0 Å². The van der Waals surface area contributed by atoms with Gasteiger partial charge in [-0.3, -0.25) is 4.79 Å². The summed E-state index contributed by atoms with van der Waals surface area (Å²) < 4.78 is 4.81. The molecule has 0 saturated carbocycles. The van der Waals surface area contributed by atoms with Crippen LogP contribution in [0.25, 0.3) is 0 Å². The number of rotatable bonds is 5. The molecule has 1 N–H and O–H groups in total. The highest BCUT2D eigenvalue weighted by atomic mass is 35.5. The van der Waals surface area contributed by atoms with Crippen LogP contribution >= 0.6 is 35.0 Å². The standard InChI is InChI=1S/C12H11Cl2N3O2S/c1-7-16-11(17-19-7)5-15-12(18)6-20-10-4-8(13)2-3-9(10)14/h2-4H,5-6H2,1H3,(H,15,18). The van der Waals surface area contributed by atoms with E-state index in [1.807, 2.05) is 0 Å². The summed E-state index contributed by atoms with van der Waals surface area (Å²) in [6, 6.07) is 5.13. The van der Waals surface area contributed by atoms with Crippen molar-refractivity contribution in [2.24, 2.45) is 0 Å². The number of hydrogen-bond donors (Lipinski definition) is 1. The molecule has 1 aromatic carbocycles. The van der Waals surface area contributed by atoms with Crippen molar-refractivity contribution >= 4 is 40.9 Å². The lowest BCUT2D eigenvalue weighted by molar-refractivity contribution is -0.118. The molecule has 8 heteroatoms. The van der Waals surface area contributed by atoms with Gasteiger partial charge in [0.25, 0.3) is 0 Å². The van der Waals surface area contributed by atoms with E-state index in [1.54, 1.807) is 25.1 Å². The van der Waals surface area contributed by atoms with E-state index in [0.29, 0.717) is 21.8 Å². The number of amides is 1. The lowest BCUT2D eigenvalue weighted by Gasteiger charge is -2.05. The van der Waals surface area contributed by atoms with Crippen LogP contribution in [0.4, 0.5) is 0 Å². The molecule has 0 aliphatic rings. The summed E-state index contributed by atoms with van der Waals surface area (Å²) in [6.07, 6.45) is 0. The fourth-order valence-corrected chi connectivity index (χ4v) is 2.70. The van der Waals surface area contributed by atoms with E-state index < -0.39 is 0 Å². The molecule has 0 bridgehead atoms. The number of nitrogens with one attached hydrogen (secondary N) is 1. The molecule has 20 heavy (non-hydrogen) atoms. The summed E-state index contributed by atoms with van der Waals surface area (Å²) in [5, 5.41) is 7.53. The van der Waals surface area contributed by atoms with Gasteiger partial charge >= 0.3 is 0 Å². The number of aryl methyl sites for hydroxylation is 1. The molecule has 1 aromatic heterocycles. The van der Waals surface area contributed by atoms with E-state index in [1.165, 1.54) is 11.8 Å².